The summed E-state index contributed by atoms with van der Waals surface area (Å²) < 4.78 is 0. The van der Waals surface area contributed by atoms with E-state index in [1.165, 1.54) is 54.9 Å². The van der Waals surface area contributed by atoms with Gasteiger partial charge in [0, 0.05) is 6.04 Å². The van der Waals surface area contributed by atoms with Gasteiger partial charge in [0.2, 0.25) is 0 Å². The molecule has 3 atom stereocenters. The van der Waals surface area contributed by atoms with E-state index in [1.807, 2.05) is 0 Å². The normalized spacial score (nSPS) is 23.0. The third-order valence-electron chi connectivity index (χ3n) is 5.57. The molecule has 1 heteroatoms. The van der Waals surface area contributed by atoms with Crippen LogP contribution in [0.1, 0.15) is 64.0 Å². The second-order valence-corrected chi connectivity index (χ2v) is 7.52. The summed E-state index contributed by atoms with van der Waals surface area (Å²) in [5, 5.41) is 6.47. The van der Waals surface area contributed by atoms with Crippen LogP contribution in [-0.2, 0) is 0 Å². The van der Waals surface area contributed by atoms with Gasteiger partial charge in [-0.15, -0.1) is 0 Å². The maximum absolute atomic E-state index is 3.74. The SMILES string of the molecule is CC1CCCC(CCCNC(C)c2cccc3ccccc23)C1. The molecule has 1 N–H and O–H groups in total. The maximum Gasteiger partial charge on any atom is 0.0297 e. The van der Waals surface area contributed by atoms with Crippen LogP contribution in [-0.4, -0.2) is 6.54 Å². The fraction of sp³-hybridized carbons (Fsp3) is 0.545. The van der Waals surface area contributed by atoms with Crippen LogP contribution < -0.4 is 5.32 Å². The second kappa shape index (κ2) is 7.97. The highest BCUT2D eigenvalue weighted by molar-refractivity contribution is 5.86. The number of rotatable bonds is 6. The number of benzene rings is 2. The zero-order chi connectivity index (χ0) is 16.1. The van der Waals surface area contributed by atoms with Crippen LogP contribution in [0.5, 0.6) is 0 Å². The Bertz CT molecular complexity index is 613. The lowest BCUT2D eigenvalue weighted by Crippen LogP contribution is -2.21. The van der Waals surface area contributed by atoms with Gasteiger partial charge in [0.25, 0.3) is 0 Å². The average molecular weight is 309 g/mol. The molecule has 23 heavy (non-hydrogen) atoms. The largest absolute Gasteiger partial charge is 0.310 e. The first-order valence-corrected chi connectivity index (χ1v) is 9.45. The van der Waals surface area contributed by atoms with E-state index in [-0.39, 0.29) is 0 Å². The molecule has 3 rings (SSSR count). The van der Waals surface area contributed by atoms with Crippen molar-refractivity contribution >= 4 is 10.8 Å². The Labute approximate surface area is 141 Å². The van der Waals surface area contributed by atoms with E-state index in [0.717, 1.165) is 18.4 Å². The number of hydrogen-bond donors (Lipinski definition) is 1. The van der Waals surface area contributed by atoms with Gasteiger partial charge in [0.05, 0.1) is 0 Å². The zero-order valence-corrected chi connectivity index (χ0v) is 14.7. The van der Waals surface area contributed by atoms with E-state index < -0.39 is 0 Å². The Balaban J connectivity index is 1.50. The molecule has 0 heterocycles. The van der Waals surface area contributed by atoms with Crippen molar-refractivity contribution in [3.05, 3.63) is 48.0 Å². The molecule has 1 aliphatic rings. The quantitative estimate of drug-likeness (QED) is 0.636. The lowest BCUT2D eigenvalue weighted by molar-refractivity contribution is 0.264. The van der Waals surface area contributed by atoms with Crippen molar-refractivity contribution in [3.8, 4) is 0 Å². The van der Waals surface area contributed by atoms with Crippen molar-refractivity contribution in [1.29, 1.82) is 0 Å². The molecule has 0 spiro atoms. The van der Waals surface area contributed by atoms with Crippen LogP contribution in [0.4, 0.5) is 0 Å². The number of hydrogen-bond acceptors (Lipinski definition) is 1. The molecule has 0 saturated heterocycles. The van der Waals surface area contributed by atoms with Crippen LogP contribution >= 0.6 is 0 Å². The average Bonchev–Trinajstić information content (AvgIpc) is 2.58. The smallest absolute Gasteiger partial charge is 0.0297 e. The third kappa shape index (κ3) is 4.35. The van der Waals surface area contributed by atoms with Crippen molar-refractivity contribution < 1.29 is 0 Å². The van der Waals surface area contributed by atoms with Gasteiger partial charge >= 0.3 is 0 Å². The highest BCUT2D eigenvalue weighted by atomic mass is 14.9. The van der Waals surface area contributed by atoms with Crippen molar-refractivity contribution in [1.82, 2.24) is 5.32 Å². The van der Waals surface area contributed by atoms with E-state index >= 15 is 0 Å². The minimum absolute atomic E-state index is 0.423. The molecule has 1 saturated carbocycles. The molecule has 124 valence electrons. The summed E-state index contributed by atoms with van der Waals surface area (Å²) in [6, 6.07) is 15.8. The van der Waals surface area contributed by atoms with E-state index in [1.54, 1.807) is 0 Å². The first-order chi connectivity index (χ1) is 11.2. The maximum atomic E-state index is 3.74. The van der Waals surface area contributed by atoms with Gasteiger partial charge in [-0.2, -0.15) is 0 Å². The summed E-state index contributed by atoms with van der Waals surface area (Å²) >= 11 is 0. The standard InChI is InChI=1S/C22H31N/c1-17-8-5-9-19(16-17)10-7-15-23-18(2)21-14-6-12-20-11-3-4-13-22(20)21/h3-4,6,11-14,17-19,23H,5,7-10,15-16H2,1-2H3. The predicted molar refractivity (Wildman–Crippen MR) is 101 cm³/mol. The Kier molecular flexibility index (Phi) is 5.72. The van der Waals surface area contributed by atoms with Crippen molar-refractivity contribution in [2.24, 2.45) is 11.8 Å². The number of nitrogens with one attached hydrogen (secondary N) is 1. The lowest BCUT2D eigenvalue weighted by atomic mass is 9.80. The Morgan fingerprint density at radius 3 is 2.78 bits per heavy atom. The Morgan fingerprint density at radius 2 is 1.91 bits per heavy atom. The minimum Gasteiger partial charge on any atom is -0.310 e. The van der Waals surface area contributed by atoms with Crippen molar-refractivity contribution in [2.45, 2.75) is 58.4 Å². The van der Waals surface area contributed by atoms with E-state index in [2.05, 4.69) is 61.6 Å². The van der Waals surface area contributed by atoms with Gasteiger partial charge in [0.15, 0.2) is 0 Å². The van der Waals surface area contributed by atoms with Crippen LogP contribution in [0.2, 0.25) is 0 Å². The van der Waals surface area contributed by atoms with Gasteiger partial charge in [-0.05, 0) is 60.9 Å². The van der Waals surface area contributed by atoms with Crippen LogP contribution in [0.15, 0.2) is 42.5 Å². The van der Waals surface area contributed by atoms with E-state index in [4.69, 9.17) is 0 Å². The summed E-state index contributed by atoms with van der Waals surface area (Å²) in [5.74, 6) is 1.93. The Morgan fingerprint density at radius 1 is 1.09 bits per heavy atom. The van der Waals surface area contributed by atoms with Gasteiger partial charge in [-0.1, -0.05) is 68.7 Å². The second-order valence-electron chi connectivity index (χ2n) is 7.52. The summed E-state index contributed by atoms with van der Waals surface area (Å²) in [7, 11) is 0. The molecule has 2 aromatic rings. The molecular weight excluding hydrogens is 278 g/mol. The molecule has 0 bridgehead atoms. The highest BCUT2D eigenvalue weighted by Crippen LogP contribution is 2.31. The first-order valence-electron chi connectivity index (χ1n) is 9.45. The van der Waals surface area contributed by atoms with Crippen molar-refractivity contribution in [2.75, 3.05) is 6.54 Å². The molecule has 1 aliphatic carbocycles. The minimum atomic E-state index is 0.423. The molecular formula is C22H31N. The molecule has 0 aromatic heterocycles. The zero-order valence-electron chi connectivity index (χ0n) is 14.7. The van der Waals surface area contributed by atoms with Gasteiger partial charge < -0.3 is 5.32 Å². The molecule has 0 aliphatic heterocycles. The third-order valence-corrected chi connectivity index (χ3v) is 5.57. The van der Waals surface area contributed by atoms with Crippen molar-refractivity contribution in [3.63, 3.8) is 0 Å². The van der Waals surface area contributed by atoms with Gasteiger partial charge in [0.1, 0.15) is 0 Å². The first kappa shape index (κ1) is 16.5. The fourth-order valence-corrected chi connectivity index (χ4v) is 4.27. The topological polar surface area (TPSA) is 12.0 Å². The molecule has 1 fully saturated rings. The molecule has 0 radical (unpaired) electrons. The van der Waals surface area contributed by atoms with Gasteiger partial charge in [-0.3, -0.25) is 0 Å². The summed E-state index contributed by atoms with van der Waals surface area (Å²) in [6.45, 7) is 5.85. The molecule has 0 amide bonds. The molecule has 1 nitrogen and oxygen atoms in total. The highest BCUT2D eigenvalue weighted by Gasteiger charge is 2.18. The monoisotopic (exact) mass is 309 g/mol. The predicted octanol–water partition coefficient (Wildman–Crippen LogP) is 6.10. The molecule has 3 unspecified atom stereocenters. The summed E-state index contributed by atoms with van der Waals surface area (Å²) in [5.41, 5.74) is 1.43. The van der Waals surface area contributed by atoms with E-state index in [0.29, 0.717) is 6.04 Å². The summed E-state index contributed by atoms with van der Waals surface area (Å²) in [6.07, 6.45) is 8.53. The lowest BCUT2D eigenvalue weighted by Gasteiger charge is -2.26. The van der Waals surface area contributed by atoms with E-state index in [9.17, 15) is 0 Å². The Hall–Kier alpha value is -1.34. The van der Waals surface area contributed by atoms with Crippen LogP contribution in [0.25, 0.3) is 10.8 Å². The fourth-order valence-electron chi connectivity index (χ4n) is 4.27. The summed E-state index contributed by atoms with van der Waals surface area (Å²) in [4.78, 5) is 0. The van der Waals surface area contributed by atoms with Crippen LogP contribution in [0, 0.1) is 11.8 Å². The van der Waals surface area contributed by atoms with Gasteiger partial charge in [-0.25, -0.2) is 0 Å². The molecule has 2 aromatic carbocycles. The number of fused-ring (bicyclic) bond motifs is 1. The van der Waals surface area contributed by atoms with Crippen LogP contribution in [0.3, 0.4) is 0 Å².